The number of aryl methyl sites for hydroxylation is 1. The number of nitrogens with zero attached hydrogens (tertiary/aromatic N) is 1. The van der Waals surface area contributed by atoms with Crippen LogP contribution in [0.15, 0.2) is 46.9 Å². The van der Waals surface area contributed by atoms with Gasteiger partial charge in [-0.2, -0.15) is 0 Å². The van der Waals surface area contributed by atoms with Gasteiger partial charge in [-0.1, -0.05) is 35.0 Å². The minimum Gasteiger partial charge on any atom is -0.484 e. The van der Waals surface area contributed by atoms with E-state index in [4.69, 9.17) is 4.74 Å². The zero-order chi connectivity index (χ0) is 21.4. The monoisotopic (exact) mass is 464 g/mol. The van der Waals surface area contributed by atoms with Crippen LogP contribution in [0.5, 0.6) is 5.75 Å². The number of carbonyl (C=O) groups is 2. The molecule has 5 nitrogen and oxygen atoms in total. The van der Waals surface area contributed by atoms with E-state index < -0.39 is 6.04 Å². The van der Waals surface area contributed by atoms with Crippen molar-refractivity contribution in [1.29, 1.82) is 0 Å². The molecule has 2 rings (SSSR count). The molecule has 0 saturated heterocycles. The van der Waals surface area contributed by atoms with Gasteiger partial charge in [0.05, 0.1) is 0 Å². The van der Waals surface area contributed by atoms with Crippen LogP contribution in [0.25, 0.3) is 0 Å². The third kappa shape index (κ3) is 6.85. The summed E-state index contributed by atoms with van der Waals surface area (Å²) in [7, 11) is 0. The Morgan fingerprint density at radius 2 is 1.90 bits per heavy atom. The molecule has 29 heavy (non-hydrogen) atoms. The van der Waals surface area contributed by atoms with Crippen LogP contribution in [0, 0.1) is 12.7 Å². The van der Waals surface area contributed by atoms with Gasteiger partial charge in [-0.3, -0.25) is 9.59 Å². The van der Waals surface area contributed by atoms with Crippen molar-refractivity contribution in [2.24, 2.45) is 0 Å². The molecule has 1 N–H and O–H groups in total. The molecule has 0 aromatic heterocycles. The number of nitrogens with one attached hydrogen (secondary N) is 1. The maximum Gasteiger partial charge on any atom is 0.261 e. The second-order valence-corrected chi connectivity index (χ2v) is 7.67. The molecular formula is C22H26BrFN2O3. The lowest BCUT2D eigenvalue weighted by Gasteiger charge is -2.28. The quantitative estimate of drug-likeness (QED) is 0.604. The van der Waals surface area contributed by atoms with E-state index in [1.165, 1.54) is 17.0 Å². The molecule has 0 radical (unpaired) electrons. The molecule has 0 heterocycles. The summed E-state index contributed by atoms with van der Waals surface area (Å²) in [6, 6.07) is 10.6. The summed E-state index contributed by atoms with van der Waals surface area (Å²) in [6.45, 7) is 6.09. The molecule has 0 fully saturated rings. The lowest BCUT2D eigenvalue weighted by molar-refractivity contribution is -0.142. The zero-order valence-corrected chi connectivity index (χ0v) is 18.5. The maximum atomic E-state index is 13.2. The van der Waals surface area contributed by atoms with Crippen molar-refractivity contribution in [2.75, 3.05) is 13.2 Å². The van der Waals surface area contributed by atoms with E-state index in [0.29, 0.717) is 12.3 Å². The second-order valence-electron chi connectivity index (χ2n) is 6.81. The fourth-order valence-corrected chi connectivity index (χ4v) is 2.95. The highest BCUT2D eigenvalue weighted by molar-refractivity contribution is 9.10. The molecule has 0 aliphatic rings. The molecule has 0 spiro atoms. The number of benzene rings is 2. The predicted octanol–water partition coefficient (Wildman–Crippen LogP) is 4.22. The Labute approximate surface area is 179 Å². The molecule has 2 aromatic carbocycles. The van der Waals surface area contributed by atoms with E-state index in [2.05, 4.69) is 21.2 Å². The first kappa shape index (κ1) is 22.9. The predicted molar refractivity (Wildman–Crippen MR) is 114 cm³/mol. The summed E-state index contributed by atoms with van der Waals surface area (Å²) in [5, 5.41) is 2.81. The average Bonchev–Trinajstić information content (AvgIpc) is 2.71. The van der Waals surface area contributed by atoms with E-state index in [1.807, 2.05) is 26.0 Å². The number of rotatable bonds is 9. The SMILES string of the molecule is CCCNC(=O)C(C)N(Cc1ccc(F)cc1)C(=O)COc1ccc(Br)c(C)c1. The fourth-order valence-electron chi connectivity index (χ4n) is 2.70. The van der Waals surface area contributed by atoms with E-state index in [-0.39, 0.29) is 30.8 Å². The van der Waals surface area contributed by atoms with Gasteiger partial charge in [-0.15, -0.1) is 0 Å². The van der Waals surface area contributed by atoms with Crippen LogP contribution in [-0.4, -0.2) is 35.9 Å². The molecule has 0 saturated carbocycles. The van der Waals surface area contributed by atoms with Crippen molar-refractivity contribution < 1.29 is 18.7 Å². The average molecular weight is 465 g/mol. The van der Waals surface area contributed by atoms with Gasteiger partial charge in [0.25, 0.3) is 5.91 Å². The Bertz CT molecular complexity index is 842. The fraction of sp³-hybridized carbons (Fsp3) is 0.364. The number of hydrogen-bond acceptors (Lipinski definition) is 3. The van der Waals surface area contributed by atoms with Gasteiger partial charge in [0.15, 0.2) is 6.61 Å². The lowest BCUT2D eigenvalue weighted by Crippen LogP contribution is -2.49. The summed E-state index contributed by atoms with van der Waals surface area (Å²) in [5.74, 6) is -0.339. The van der Waals surface area contributed by atoms with Gasteiger partial charge >= 0.3 is 0 Å². The normalized spacial score (nSPS) is 11.6. The van der Waals surface area contributed by atoms with E-state index >= 15 is 0 Å². The summed E-state index contributed by atoms with van der Waals surface area (Å²) in [6.07, 6.45) is 0.802. The topological polar surface area (TPSA) is 58.6 Å². The van der Waals surface area contributed by atoms with Crippen molar-refractivity contribution >= 4 is 27.7 Å². The highest BCUT2D eigenvalue weighted by Crippen LogP contribution is 2.21. The summed E-state index contributed by atoms with van der Waals surface area (Å²) < 4.78 is 19.8. The maximum absolute atomic E-state index is 13.2. The van der Waals surface area contributed by atoms with Crippen molar-refractivity contribution in [1.82, 2.24) is 10.2 Å². The van der Waals surface area contributed by atoms with Crippen molar-refractivity contribution in [3.8, 4) is 5.75 Å². The second kappa shape index (κ2) is 11.0. The highest BCUT2D eigenvalue weighted by atomic mass is 79.9. The first-order valence-corrected chi connectivity index (χ1v) is 10.3. The Kier molecular flexibility index (Phi) is 8.64. The van der Waals surface area contributed by atoms with Gasteiger partial charge in [0.2, 0.25) is 5.91 Å². The van der Waals surface area contributed by atoms with Gasteiger partial charge in [-0.05, 0) is 61.7 Å². The Hall–Kier alpha value is -2.41. The molecule has 2 amide bonds. The van der Waals surface area contributed by atoms with Crippen molar-refractivity contribution in [2.45, 2.75) is 39.8 Å². The first-order chi connectivity index (χ1) is 13.8. The van der Waals surface area contributed by atoms with Crippen molar-refractivity contribution in [3.63, 3.8) is 0 Å². The molecule has 0 aliphatic carbocycles. The molecule has 1 unspecified atom stereocenters. The Morgan fingerprint density at radius 3 is 2.52 bits per heavy atom. The van der Waals surface area contributed by atoms with Crippen LogP contribution < -0.4 is 10.1 Å². The summed E-state index contributed by atoms with van der Waals surface area (Å²) in [4.78, 5) is 26.8. The minimum atomic E-state index is -0.686. The smallest absolute Gasteiger partial charge is 0.261 e. The van der Waals surface area contributed by atoms with Gasteiger partial charge < -0.3 is 15.0 Å². The van der Waals surface area contributed by atoms with Crippen LogP contribution >= 0.6 is 15.9 Å². The van der Waals surface area contributed by atoms with Crippen LogP contribution in [-0.2, 0) is 16.1 Å². The van der Waals surface area contributed by atoms with Gasteiger partial charge in [0, 0.05) is 17.6 Å². The van der Waals surface area contributed by atoms with Crippen LogP contribution in [0.4, 0.5) is 4.39 Å². The van der Waals surface area contributed by atoms with Crippen LogP contribution in [0.2, 0.25) is 0 Å². The third-order valence-corrected chi connectivity index (χ3v) is 5.36. The molecule has 1 atom stereocenters. The zero-order valence-electron chi connectivity index (χ0n) is 16.9. The largest absolute Gasteiger partial charge is 0.484 e. The third-order valence-electron chi connectivity index (χ3n) is 4.47. The minimum absolute atomic E-state index is 0.183. The molecule has 7 heteroatoms. The Balaban J connectivity index is 2.13. The van der Waals surface area contributed by atoms with E-state index in [1.54, 1.807) is 25.1 Å². The molecule has 0 aliphatic heterocycles. The van der Waals surface area contributed by atoms with Gasteiger partial charge in [-0.25, -0.2) is 4.39 Å². The highest BCUT2D eigenvalue weighted by Gasteiger charge is 2.26. The molecule has 0 bridgehead atoms. The van der Waals surface area contributed by atoms with E-state index in [0.717, 1.165) is 22.0 Å². The van der Waals surface area contributed by atoms with E-state index in [9.17, 15) is 14.0 Å². The molecule has 2 aromatic rings. The van der Waals surface area contributed by atoms with Crippen molar-refractivity contribution in [3.05, 3.63) is 63.9 Å². The van der Waals surface area contributed by atoms with Crippen LogP contribution in [0.1, 0.15) is 31.4 Å². The number of halogens is 2. The lowest BCUT2D eigenvalue weighted by atomic mass is 10.1. The number of carbonyl (C=O) groups excluding carboxylic acids is 2. The molecule has 156 valence electrons. The molecular weight excluding hydrogens is 439 g/mol. The first-order valence-electron chi connectivity index (χ1n) is 9.52. The Morgan fingerprint density at radius 1 is 1.21 bits per heavy atom. The summed E-state index contributed by atoms with van der Waals surface area (Å²) in [5.41, 5.74) is 1.72. The number of hydrogen-bond donors (Lipinski definition) is 1. The van der Waals surface area contributed by atoms with Crippen LogP contribution in [0.3, 0.4) is 0 Å². The number of ether oxygens (including phenoxy) is 1. The standard InChI is InChI=1S/C22H26BrFN2O3/c1-4-11-25-22(28)16(3)26(13-17-5-7-18(24)8-6-17)21(27)14-29-19-9-10-20(23)15(2)12-19/h5-10,12,16H,4,11,13-14H2,1-3H3,(H,25,28). The van der Waals surface area contributed by atoms with Gasteiger partial charge in [0.1, 0.15) is 17.6 Å². The number of amides is 2. The summed E-state index contributed by atoms with van der Waals surface area (Å²) >= 11 is 3.43.